The number of rotatable bonds is 13. The quantitative estimate of drug-likeness (QED) is 0.0985. The summed E-state index contributed by atoms with van der Waals surface area (Å²) < 4.78 is 34.2. The lowest BCUT2D eigenvalue weighted by molar-refractivity contribution is 0.0738. The van der Waals surface area contributed by atoms with Crippen LogP contribution >= 0.6 is 7.14 Å². The minimum absolute atomic E-state index is 0.240. The Balaban J connectivity index is 0.000000113. The van der Waals surface area contributed by atoms with Crippen LogP contribution < -0.4 is 24.9 Å². The number of anilines is 4. The van der Waals surface area contributed by atoms with Crippen LogP contribution in [0.3, 0.4) is 0 Å². The van der Waals surface area contributed by atoms with Gasteiger partial charge in [0.25, 0.3) is 0 Å². The Labute approximate surface area is 763 Å². The summed E-state index contributed by atoms with van der Waals surface area (Å²) in [6.45, 7) is 39.5. The van der Waals surface area contributed by atoms with Gasteiger partial charge < -0.3 is 43.8 Å². The van der Waals surface area contributed by atoms with Crippen LogP contribution in [0.15, 0.2) is 178 Å². The van der Waals surface area contributed by atoms with Crippen LogP contribution in [0.25, 0.3) is 88.9 Å². The van der Waals surface area contributed by atoms with E-state index in [1.165, 1.54) is 166 Å². The molecular formula is C101H128FN26OP. The van der Waals surface area contributed by atoms with Gasteiger partial charge in [0.2, 0.25) is 0 Å². The highest BCUT2D eigenvalue weighted by Crippen LogP contribution is 2.40. The lowest BCUT2D eigenvalue weighted by Crippen LogP contribution is -2.55. The standard InChI is InChI=1S/C27H32FN7.C27H33N7.C24H33N6OP.C23H30N6/c1-18-12-22-21(4-6-29-25(22)13-24(18)28)23-15-31-35-17-20(14-30-27(23)35)34-7-5-26(19(2)16-34)33-10-8-32(3)9-11-33;1-20-16-24(23-6-3-4-7-26(23)30-20)25-18-29-34-19-22(17-28-27(25)34)33-12-8-21(9-13-33)32-11-5-10-31(2)14-15-32;1-27-11-13-29(14-12-27)20-7-9-28(10-8-20)21-16-25-24-23(17-26-30(24)18-21)19-5-4-6-22(15-19)32(2,3)31;1-18-4-3-5-19(14-18)22-16-25-29-17-21(15-24-23(22)29)27-8-6-20(7-9-27)28-12-10-26(2)11-13-28/h4,6,12-15,17,19,26H,5,7-11,16H2,1-3H3;3-4,6-7,16-19,21H,5,8-15H2,1-2H3;4-6,15-18,20H,7-14H2,1-3H3;3-5,14-17,20H,6-13H2,1-2H3. The van der Waals surface area contributed by atoms with E-state index in [9.17, 15) is 8.96 Å². The minimum Gasteiger partial charge on any atom is -0.369 e. The van der Waals surface area contributed by atoms with Crippen LogP contribution in [0.4, 0.5) is 27.1 Å². The summed E-state index contributed by atoms with van der Waals surface area (Å²) in [5.74, 6) is 0.359. The predicted molar refractivity (Wildman–Crippen MR) is 524 cm³/mol. The van der Waals surface area contributed by atoms with Gasteiger partial charge in [0.05, 0.1) is 108 Å². The summed E-state index contributed by atoms with van der Waals surface area (Å²) in [6, 6.07) is 35.0. The Hall–Kier alpha value is -10.8. The molecule has 0 bridgehead atoms. The van der Waals surface area contributed by atoms with Crippen molar-refractivity contribution in [2.24, 2.45) is 5.92 Å². The Morgan fingerprint density at radius 1 is 0.369 bits per heavy atom. The highest BCUT2D eigenvalue weighted by Gasteiger charge is 2.35. The summed E-state index contributed by atoms with van der Waals surface area (Å²) in [6.07, 6.45) is 35.5. The van der Waals surface area contributed by atoms with Crippen LogP contribution in [0, 0.1) is 32.5 Å². The van der Waals surface area contributed by atoms with E-state index in [2.05, 4.69) is 200 Å². The maximum atomic E-state index is 14.1. The fraction of sp³-hybridized carbons (Fsp3) is 0.465. The van der Waals surface area contributed by atoms with Crippen molar-refractivity contribution >= 4 is 79.6 Å². The van der Waals surface area contributed by atoms with Crippen molar-refractivity contribution in [3.8, 4) is 44.5 Å². The third-order valence-electron chi connectivity index (χ3n) is 29.0. The summed E-state index contributed by atoms with van der Waals surface area (Å²) in [5, 5.41) is 21.4. The van der Waals surface area contributed by atoms with Crippen molar-refractivity contribution < 1.29 is 8.96 Å². The lowest BCUT2D eigenvalue weighted by Gasteiger charge is -2.45. The highest BCUT2D eigenvalue weighted by atomic mass is 31.2. The van der Waals surface area contributed by atoms with E-state index < -0.39 is 7.14 Å². The molecule has 0 spiro atoms. The van der Waals surface area contributed by atoms with Gasteiger partial charge in [-0.25, -0.2) is 42.4 Å². The molecule has 8 aliphatic heterocycles. The van der Waals surface area contributed by atoms with E-state index in [4.69, 9.17) is 24.9 Å². The van der Waals surface area contributed by atoms with Crippen molar-refractivity contribution in [2.75, 3.05) is 218 Å². The monoisotopic (exact) mass is 1770 g/mol. The molecule has 8 aliphatic rings. The average molecular weight is 1770 g/mol. The molecule has 10 aromatic heterocycles. The van der Waals surface area contributed by atoms with Gasteiger partial charge >= 0.3 is 0 Å². The molecule has 130 heavy (non-hydrogen) atoms. The number of piperazine rings is 3. The fourth-order valence-corrected chi connectivity index (χ4v) is 22.0. The van der Waals surface area contributed by atoms with Crippen LogP contribution in [-0.4, -0.2) is 330 Å². The Bertz CT molecular complexity index is 6310. The van der Waals surface area contributed by atoms with E-state index in [1.807, 2.05) is 117 Å². The highest BCUT2D eigenvalue weighted by molar-refractivity contribution is 7.70. The Morgan fingerprint density at radius 2 is 0.800 bits per heavy atom. The van der Waals surface area contributed by atoms with Crippen LogP contribution in [0.1, 0.15) is 75.1 Å². The number of pyridine rings is 2. The smallest absolute Gasteiger partial charge is 0.162 e. The first-order chi connectivity index (χ1) is 63.2. The van der Waals surface area contributed by atoms with Crippen molar-refractivity contribution in [2.45, 2.75) is 103 Å². The SMILES string of the molecule is CN1CCN(C2CCN(c3cnc4c(-c5cccc(P(C)(C)=O)c5)cnn4c3)CC2)CC1.Cc1cc(-c2cnn3cc(N4CCC(N5CCCN(C)CC5)CC4)cnc23)c2ccccc2n1.Cc1cc2c(-c3cnn4cc(N5CCC(N6CCN(C)CC6)C(C)C5)cnc34)ccnc2cc1F.Cc1cccc(-c2cnn3cc(N4CCC(N5CCN(C)CC5)CC4)cnc23)c1. The van der Waals surface area contributed by atoms with Gasteiger partial charge in [-0.05, 0) is 191 Å². The van der Waals surface area contributed by atoms with Crippen molar-refractivity contribution in [1.29, 1.82) is 0 Å². The van der Waals surface area contributed by atoms with E-state index in [-0.39, 0.29) is 5.82 Å². The third-order valence-corrected chi connectivity index (χ3v) is 30.5. The fourth-order valence-electron chi connectivity index (χ4n) is 21.1. The number of halogens is 1. The molecule has 27 nitrogen and oxygen atoms in total. The lowest BCUT2D eigenvalue weighted by atomic mass is 9.91. The molecular weight excluding hydrogens is 1640 g/mol. The number of fused-ring (bicyclic) bond motifs is 6. The first kappa shape index (κ1) is 88.5. The zero-order valence-corrected chi connectivity index (χ0v) is 78.5. The Morgan fingerprint density at radius 3 is 1.29 bits per heavy atom. The zero-order valence-electron chi connectivity index (χ0n) is 77.6. The largest absolute Gasteiger partial charge is 0.369 e. The topological polar surface area (TPSA) is 202 Å². The molecule has 0 radical (unpaired) electrons. The number of hydrogen-bond donors (Lipinski definition) is 0. The van der Waals surface area contributed by atoms with Gasteiger partial charge in [-0.15, -0.1) is 0 Å². The number of para-hydroxylation sites is 1. The first-order valence-electron chi connectivity index (χ1n) is 47.4. The number of nitrogens with zero attached hydrogens (tertiary/aromatic N) is 26. The van der Waals surface area contributed by atoms with Crippen molar-refractivity contribution in [1.82, 2.24) is 108 Å². The van der Waals surface area contributed by atoms with E-state index >= 15 is 0 Å². The predicted octanol–water partition coefficient (Wildman–Crippen LogP) is 13.5. The third kappa shape index (κ3) is 19.6. The van der Waals surface area contributed by atoms with Gasteiger partial charge in [-0.3, -0.25) is 29.6 Å². The van der Waals surface area contributed by atoms with Gasteiger partial charge in [0.1, 0.15) is 13.0 Å². The molecule has 2 atom stereocenters. The van der Waals surface area contributed by atoms with Crippen LogP contribution in [0.2, 0.25) is 0 Å². The van der Waals surface area contributed by atoms with E-state index in [0.717, 1.165) is 177 Å². The number of aryl methyl sites for hydroxylation is 3. The molecule has 680 valence electrons. The van der Waals surface area contributed by atoms with Crippen LogP contribution in [-0.2, 0) is 4.57 Å². The summed E-state index contributed by atoms with van der Waals surface area (Å²) in [4.78, 5) is 58.7. The van der Waals surface area contributed by atoms with Gasteiger partial charge in [0, 0.05) is 224 Å². The molecule has 0 amide bonds. The zero-order chi connectivity index (χ0) is 89.3. The maximum absolute atomic E-state index is 14.1. The number of hydrogen-bond acceptors (Lipinski definition) is 23. The second-order valence-corrected chi connectivity index (χ2v) is 41.5. The second-order valence-electron chi connectivity index (χ2n) is 38.3. The summed E-state index contributed by atoms with van der Waals surface area (Å²) in [5.41, 5.74) is 20.9. The molecule has 0 N–H and O–H groups in total. The number of likely N-dealkylation sites (N-methyl/N-ethyl adjacent to an activating group) is 4. The molecule has 2 unspecified atom stereocenters. The molecule has 0 aliphatic carbocycles. The second kappa shape index (κ2) is 38.9. The molecule has 22 rings (SSSR count). The van der Waals surface area contributed by atoms with Crippen molar-refractivity contribution in [3.05, 3.63) is 200 Å². The Kier molecular flexibility index (Phi) is 26.5. The van der Waals surface area contributed by atoms with Crippen molar-refractivity contribution in [3.63, 3.8) is 0 Å². The molecule has 0 saturated carbocycles. The number of aromatic nitrogens is 14. The first-order valence-corrected chi connectivity index (χ1v) is 50.0. The molecule has 29 heteroatoms. The molecule has 14 aromatic rings. The number of piperidine rings is 4. The maximum Gasteiger partial charge on any atom is 0.162 e. The van der Waals surface area contributed by atoms with E-state index in [0.29, 0.717) is 35.1 Å². The van der Waals surface area contributed by atoms with E-state index in [1.54, 1.807) is 26.5 Å². The van der Waals surface area contributed by atoms with Gasteiger partial charge in [-0.1, -0.05) is 73.2 Å². The molecule has 18 heterocycles. The summed E-state index contributed by atoms with van der Waals surface area (Å²) >= 11 is 0. The van der Waals surface area contributed by atoms with Gasteiger partial charge in [-0.2, -0.15) is 20.4 Å². The molecule has 4 aromatic carbocycles. The molecule has 8 fully saturated rings. The average Bonchev–Trinajstić information content (AvgIpc) is 1.52. The normalized spacial score (nSPS) is 20.3. The van der Waals surface area contributed by atoms with Gasteiger partial charge in [0.15, 0.2) is 22.6 Å². The van der Waals surface area contributed by atoms with Crippen LogP contribution in [0.5, 0.6) is 0 Å². The minimum atomic E-state index is -2.31. The number of benzene rings is 4. The molecule has 8 saturated heterocycles. The summed E-state index contributed by atoms with van der Waals surface area (Å²) in [7, 11) is 6.59.